The van der Waals surface area contributed by atoms with Gasteiger partial charge in [0.2, 0.25) is 0 Å². The van der Waals surface area contributed by atoms with Gasteiger partial charge < -0.3 is 44.1 Å². The number of urea groups is 1. The number of Topliss-reactive ketones (excluding diaryl/α,β-unsaturated/α-hetero) is 1. The van der Waals surface area contributed by atoms with Gasteiger partial charge in [-0.1, -0.05) is 6.42 Å². The van der Waals surface area contributed by atoms with Crippen LogP contribution >= 0.6 is 43.1 Å². The predicted molar refractivity (Wildman–Crippen MR) is 143 cm³/mol. The molecule has 3 heterocycles. The minimum atomic E-state index is -5.93. The molecule has 3 fully saturated rings. The lowest BCUT2D eigenvalue weighted by Gasteiger charge is -2.26. The van der Waals surface area contributed by atoms with Crippen LogP contribution in [0.1, 0.15) is 46.0 Å². The second-order valence-electron chi connectivity index (χ2n) is 9.82. The molecular weight excluding hydrogens is 672 g/mol. The first kappa shape index (κ1) is 36.2. The van der Waals surface area contributed by atoms with Crippen molar-refractivity contribution in [3.63, 3.8) is 0 Å². The van der Waals surface area contributed by atoms with Gasteiger partial charge in [0.1, 0.15) is 18.6 Å². The number of nitrogens with one attached hydrogen (secondary N) is 1. The predicted octanol–water partition coefficient (Wildman–Crippen LogP) is 1.99. The first-order chi connectivity index (χ1) is 19.3. The highest BCUT2D eigenvalue weighted by atomic mass is 32.2. The number of nitrogens with zero attached hydrogens (tertiary/aromatic N) is 1. The Bertz CT molecular complexity index is 1190. The van der Waals surface area contributed by atoms with Crippen LogP contribution in [0.25, 0.3) is 0 Å². The van der Waals surface area contributed by atoms with Gasteiger partial charge >= 0.3 is 37.3 Å². The lowest BCUT2D eigenvalue weighted by atomic mass is 10.0. The van der Waals surface area contributed by atoms with Crippen LogP contribution in [-0.4, -0.2) is 95.9 Å². The van der Waals surface area contributed by atoms with Crippen LogP contribution in [0.2, 0.25) is 0 Å². The standard InChI is InChI=1S/C18H34N2O17P4S/c1-11(21)5-3-4-6-16-17-13(9-42-16)20(18(22)19-17)10-32-14-7-12(2)34-15(14)8-33-39(26,27)36-41(30,31)37-40(28,29)35-38(23,24)25/h12-17H,3-10H2,1-2H3,(H,19,22)(H,26,27)(H,28,29)(H,30,31)(H2,23,24,25)/t12-,13?,14?,15+,16?,17?/m0/s1. The molecular formula is C18H34N2O17P4S. The van der Waals surface area contributed by atoms with E-state index in [1.54, 1.807) is 30.5 Å². The third-order valence-electron chi connectivity index (χ3n) is 6.35. The number of ether oxygens (including phenoxy) is 2. The van der Waals surface area contributed by atoms with Crippen LogP contribution < -0.4 is 5.32 Å². The molecule has 0 bridgehead atoms. The largest absolute Gasteiger partial charge is 0.490 e. The summed E-state index contributed by atoms with van der Waals surface area (Å²) in [6.07, 6.45) is 1.18. The third kappa shape index (κ3) is 11.3. The van der Waals surface area contributed by atoms with Crippen molar-refractivity contribution in [2.24, 2.45) is 0 Å². The molecule has 3 saturated heterocycles. The molecule has 0 aromatic heterocycles. The number of carbonyl (C=O) groups excluding carboxylic acids is 2. The Labute approximate surface area is 245 Å². The monoisotopic (exact) mass is 706 g/mol. The first-order valence-corrected chi connectivity index (χ1v) is 19.6. The summed E-state index contributed by atoms with van der Waals surface area (Å²) in [5.74, 6) is 0.821. The molecule has 24 heteroatoms. The number of unbranched alkanes of at least 4 members (excludes halogenated alkanes) is 1. The van der Waals surface area contributed by atoms with Crippen molar-refractivity contribution in [3.8, 4) is 0 Å². The van der Waals surface area contributed by atoms with Gasteiger partial charge in [-0.15, -0.1) is 0 Å². The number of carbonyl (C=O) groups is 2. The summed E-state index contributed by atoms with van der Waals surface area (Å²) in [4.78, 5) is 70.9. The molecule has 0 radical (unpaired) electrons. The molecule has 9 atom stereocenters. The highest BCUT2D eigenvalue weighted by molar-refractivity contribution is 8.00. The maximum atomic E-state index is 12.7. The third-order valence-corrected chi connectivity index (χ3v) is 13.3. The van der Waals surface area contributed by atoms with E-state index in [0.29, 0.717) is 18.6 Å². The molecule has 0 saturated carbocycles. The topological polar surface area (TPSA) is 274 Å². The molecule has 3 aliphatic rings. The highest BCUT2D eigenvalue weighted by Crippen LogP contribution is 2.70. The van der Waals surface area contributed by atoms with Gasteiger partial charge in [0.25, 0.3) is 0 Å². The summed E-state index contributed by atoms with van der Waals surface area (Å²) in [7, 11) is -23.0. The van der Waals surface area contributed by atoms with E-state index >= 15 is 0 Å². The Hall–Kier alpha value is -0.230. The number of hydrogen-bond acceptors (Lipinski definition) is 13. The summed E-state index contributed by atoms with van der Waals surface area (Å²) in [6, 6.07) is -0.525. The van der Waals surface area contributed by atoms with E-state index in [1.807, 2.05) is 0 Å². The quantitative estimate of drug-likeness (QED) is 0.0717. The van der Waals surface area contributed by atoms with Crippen molar-refractivity contribution in [2.45, 2.75) is 81.6 Å². The maximum absolute atomic E-state index is 12.7. The Balaban J connectivity index is 1.50. The fourth-order valence-corrected chi connectivity index (χ4v) is 10.8. The van der Waals surface area contributed by atoms with Gasteiger partial charge in [-0.05, 0) is 26.7 Å². The van der Waals surface area contributed by atoms with Crippen LogP contribution in [0, 0.1) is 0 Å². The Morgan fingerprint density at radius 1 is 1.05 bits per heavy atom. The molecule has 42 heavy (non-hydrogen) atoms. The fourth-order valence-electron chi connectivity index (χ4n) is 4.70. The van der Waals surface area contributed by atoms with Crippen LogP contribution in [0.5, 0.6) is 0 Å². The van der Waals surface area contributed by atoms with Gasteiger partial charge in [-0.2, -0.15) is 24.7 Å². The highest BCUT2D eigenvalue weighted by Gasteiger charge is 2.49. The minimum Gasteiger partial charge on any atom is -0.370 e. The molecule has 3 aliphatic heterocycles. The molecule has 19 nitrogen and oxygen atoms in total. The second-order valence-corrected chi connectivity index (χ2v) is 17.1. The second kappa shape index (κ2) is 14.5. The smallest absolute Gasteiger partial charge is 0.370 e. The van der Waals surface area contributed by atoms with E-state index < -0.39 is 56.2 Å². The number of phosphoric ester groups is 1. The minimum absolute atomic E-state index is 0.0866. The normalized spacial score (nSPS) is 32.2. The van der Waals surface area contributed by atoms with Crippen LogP contribution in [-0.2, 0) is 50.0 Å². The van der Waals surface area contributed by atoms with Crippen molar-refractivity contribution in [1.82, 2.24) is 10.2 Å². The zero-order valence-electron chi connectivity index (χ0n) is 22.4. The van der Waals surface area contributed by atoms with Gasteiger partial charge in [0.15, 0.2) is 0 Å². The first-order valence-electron chi connectivity index (χ1n) is 12.5. The van der Waals surface area contributed by atoms with Crippen molar-refractivity contribution in [3.05, 3.63) is 0 Å². The molecule has 244 valence electrons. The zero-order valence-corrected chi connectivity index (χ0v) is 26.8. The SMILES string of the molecule is CC(=O)CCCCC1SCC2C1NC(=O)N2COC1C[C@H](C)O[C@@H]1COP(=O)(O)OP(=O)(O)OP(=O)(O)OP(=O)(O)O. The van der Waals surface area contributed by atoms with Crippen LogP contribution in [0.4, 0.5) is 4.79 Å². The van der Waals surface area contributed by atoms with E-state index in [1.165, 1.54) is 0 Å². The molecule has 3 rings (SSSR count). The van der Waals surface area contributed by atoms with Crippen molar-refractivity contribution >= 4 is 54.9 Å². The summed E-state index contributed by atoms with van der Waals surface area (Å²) >= 11 is 1.73. The van der Waals surface area contributed by atoms with Gasteiger partial charge in [-0.3, -0.25) is 9.42 Å². The Morgan fingerprint density at radius 3 is 2.33 bits per heavy atom. The number of amides is 2. The van der Waals surface area contributed by atoms with Gasteiger partial charge in [0, 0.05) is 23.8 Å². The molecule has 6 N–H and O–H groups in total. The number of thioether (sulfide) groups is 1. The Morgan fingerprint density at radius 2 is 1.69 bits per heavy atom. The van der Waals surface area contributed by atoms with Crippen LogP contribution in [0.3, 0.4) is 0 Å². The summed E-state index contributed by atoms with van der Waals surface area (Å²) in [6.45, 7) is 2.38. The number of phosphoric acid groups is 4. The molecule has 7 unspecified atom stereocenters. The maximum Gasteiger partial charge on any atom is 0.490 e. The Kier molecular flexibility index (Phi) is 12.5. The van der Waals surface area contributed by atoms with Crippen molar-refractivity contribution < 1.29 is 79.2 Å². The van der Waals surface area contributed by atoms with Crippen molar-refractivity contribution in [1.29, 1.82) is 0 Å². The molecule has 0 spiro atoms. The fraction of sp³-hybridized carbons (Fsp3) is 0.889. The van der Waals surface area contributed by atoms with Crippen LogP contribution in [0.15, 0.2) is 0 Å². The summed E-state index contributed by atoms with van der Waals surface area (Å²) < 4.78 is 73.2. The van der Waals surface area contributed by atoms with E-state index in [4.69, 9.17) is 24.2 Å². The van der Waals surface area contributed by atoms with Gasteiger partial charge in [0.05, 0.1) is 30.9 Å². The summed E-state index contributed by atoms with van der Waals surface area (Å²) in [5.41, 5.74) is 0. The number of rotatable bonds is 17. The van der Waals surface area contributed by atoms with E-state index in [9.17, 15) is 37.6 Å². The molecule has 0 aliphatic carbocycles. The average Bonchev–Trinajstić information content (AvgIpc) is 3.43. The molecule has 2 amide bonds. The van der Waals surface area contributed by atoms with E-state index in [2.05, 4.69) is 22.8 Å². The average molecular weight is 706 g/mol. The summed E-state index contributed by atoms with van der Waals surface area (Å²) in [5, 5.41) is 3.18. The van der Waals surface area contributed by atoms with Crippen molar-refractivity contribution in [2.75, 3.05) is 19.1 Å². The number of fused-ring (bicyclic) bond motifs is 1. The lowest BCUT2D eigenvalue weighted by Crippen LogP contribution is -2.41. The molecule has 0 aromatic carbocycles. The number of ketones is 1. The van der Waals surface area contributed by atoms with E-state index in [-0.39, 0.29) is 35.9 Å². The number of hydrogen-bond donors (Lipinski definition) is 6. The lowest BCUT2D eigenvalue weighted by molar-refractivity contribution is -0.117. The van der Waals surface area contributed by atoms with Gasteiger partial charge in [-0.25, -0.2) is 23.1 Å². The zero-order chi connectivity index (χ0) is 31.5. The van der Waals surface area contributed by atoms with E-state index in [0.717, 1.165) is 19.3 Å². The molecule has 0 aromatic rings.